The molecule has 0 aromatic rings. The fourth-order valence-electron chi connectivity index (χ4n) is 4.05. The van der Waals surface area contributed by atoms with Gasteiger partial charge in [-0.1, -0.05) is 55.0 Å². The van der Waals surface area contributed by atoms with Gasteiger partial charge in [-0.2, -0.15) is 0 Å². The number of hydrogen-bond acceptors (Lipinski definition) is 16. The zero-order valence-electron chi connectivity index (χ0n) is 36.7. The van der Waals surface area contributed by atoms with Gasteiger partial charge in [-0.25, -0.2) is 0 Å². The first kappa shape index (κ1) is 61.6. The van der Waals surface area contributed by atoms with E-state index in [9.17, 15) is 39.6 Å². The maximum absolute atomic E-state index is 11.3. The van der Waals surface area contributed by atoms with Crippen molar-refractivity contribution in [2.45, 2.75) is 125 Å². The molecular formula is C38H79N5O15. The molecule has 0 aliphatic carbocycles. The highest BCUT2D eigenvalue weighted by Crippen LogP contribution is 2.22. The quantitative estimate of drug-likeness (QED) is 0.0371. The first-order valence-corrected chi connectivity index (χ1v) is 20.0. The molecule has 1 saturated heterocycles. The van der Waals surface area contributed by atoms with E-state index < -0.39 is 49.4 Å². The fourth-order valence-corrected chi connectivity index (χ4v) is 4.05. The minimum atomic E-state index is -1.32. The molecule has 20 heteroatoms. The molecule has 20 nitrogen and oxygen atoms in total. The smallest absolute Gasteiger partial charge is 0.239 e. The number of carbonyl (C=O) groups excluding carboxylic acids is 4. The molecule has 346 valence electrons. The van der Waals surface area contributed by atoms with E-state index in [1.165, 1.54) is 13.8 Å². The zero-order chi connectivity index (χ0) is 45.3. The third-order valence-electron chi connectivity index (χ3n) is 7.15. The van der Waals surface area contributed by atoms with Gasteiger partial charge in [0.15, 0.2) is 6.29 Å². The van der Waals surface area contributed by atoms with Crippen LogP contribution in [0.25, 0.3) is 0 Å². The normalized spacial score (nSPS) is 18.9. The number of methoxy groups -OCH3 is 1. The van der Waals surface area contributed by atoms with Crippen LogP contribution in [0.15, 0.2) is 12.3 Å². The van der Waals surface area contributed by atoms with Gasteiger partial charge in [0.25, 0.3) is 0 Å². The van der Waals surface area contributed by atoms with Crippen LogP contribution in [0.5, 0.6) is 0 Å². The number of amides is 4. The lowest BCUT2D eigenvalue weighted by Crippen LogP contribution is -2.64. The van der Waals surface area contributed by atoms with Gasteiger partial charge in [-0.05, 0) is 12.8 Å². The molecule has 7 atom stereocenters. The predicted octanol–water partition coefficient (Wildman–Crippen LogP) is -0.951. The number of nitrogens with one attached hydrogen (secondary N) is 5. The summed E-state index contributed by atoms with van der Waals surface area (Å²) in [5, 5.41) is 59.8. The van der Waals surface area contributed by atoms with Crippen LogP contribution in [0.1, 0.15) is 81.6 Å². The maximum Gasteiger partial charge on any atom is 0.239 e. The van der Waals surface area contributed by atoms with Crippen molar-refractivity contribution < 1.29 is 73.1 Å². The van der Waals surface area contributed by atoms with Gasteiger partial charge in [0.2, 0.25) is 23.6 Å². The van der Waals surface area contributed by atoms with Crippen molar-refractivity contribution in [3.8, 4) is 0 Å². The van der Waals surface area contributed by atoms with Crippen molar-refractivity contribution in [2.24, 2.45) is 0 Å². The summed E-state index contributed by atoms with van der Waals surface area (Å²) in [6.45, 7) is 22.5. The van der Waals surface area contributed by atoms with E-state index in [-0.39, 0.29) is 63.4 Å². The van der Waals surface area contributed by atoms with Crippen LogP contribution in [0, 0.1) is 0 Å². The van der Waals surface area contributed by atoms with Crippen LogP contribution in [0.3, 0.4) is 0 Å². The molecule has 4 amide bonds. The molecule has 58 heavy (non-hydrogen) atoms. The van der Waals surface area contributed by atoms with Crippen molar-refractivity contribution in [1.29, 1.82) is 0 Å². The Balaban J connectivity index is -0.000000403. The summed E-state index contributed by atoms with van der Waals surface area (Å²) in [5.74, 6) is -1.18. The lowest BCUT2D eigenvalue weighted by Gasteiger charge is -2.42. The van der Waals surface area contributed by atoms with Crippen LogP contribution in [-0.2, 0) is 47.6 Å². The van der Waals surface area contributed by atoms with E-state index >= 15 is 0 Å². The Morgan fingerprint density at radius 3 is 1.79 bits per heavy atom. The van der Waals surface area contributed by atoms with Gasteiger partial charge in [-0.3, -0.25) is 19.2 Å². The lowest BCUT2D eigenvalue weighted by molar-refractivity contribution is -0.272. The second-order valence-electron chi connectivity index (χ2n) is 11.6. The molecule has 0 saturated carbocycles. The Kier molecular flexibility index (Phi) is 46.3. The average molecular weight is 846 g/mol. The number of aliphatic hydroxyl groups excluding tert-OH is 5. The number of rotatable bonds is 26. The molecular weight excluding hydrogens is 766 g/mol. The SMILES string of the molecule is C=C(CC)NCCOCCOC1OC(CO)C(O)C(O)C1NC(C)=O.CC.CC.CCC(=O)NCC(=O)NCCOCCOCC(O)NC(C)=O.CCC(CO)OC. The summed E-state index contributed by atoms with van der Waals surface area (Å²) < 4.78 is 31.4. The van der Waals surface area contributed by atoms with Crippen molar-refractivity contribution in [3.05, 3.63) is 12.3 Å². The van der Waals surface area contributed by atoms with Gasteiger partial charge in [0, 0.05) is 46.2 Å². The summed E-state index contributed by atoms with van der Waals surface area (Å²) >= 11 is 0. The van der Waals surface area contributed by atoms with E-state index in [1.54, 1.807) is 14.0 Å². The third-order valence-corrected chi connectivity index (χ3v) is 7.15. The molecule has 1 aliphatic rings. The van der Waals surface area contributed by atoms with Gasteiger partial charge < -0.3 is 80.5 Å². The summed E-state index contributed by atoms with van der Waals surface area (Å²) in [6, 6.07) is -0.940. The summed E-state index contributed by atoms with van der Waals surface area (Å²) in [4.78, 5) is 44.1. The average Bonchev–Trinajstić information content (AvgIpc) is 3.22. The lowest BCUT2D eigenvalue weighted by atomic mass is 9.97. The fraction of sp³-hybridized carbons (Fsp3) is 0.842. The summed E-state index contributed by atoms with van der Waals surface area (Å²) in [5.41, 5.74) is 0.941. The molecule has 1 aliphatic heterocycles. The van der Waals surface area contributed by atoms with E-state index in [0.29, 0.717) is 39.3 Å². The largest absolute Gasteiger partial charge is 0.394 e. The Morgan fingerprint density at radius 1 is 0.759 bits per heavy atom. The van der Waals surface area contributed by atoms with Crippen LogP contribution in [-0.4, -0.2) is 178 Å². The highest BCUT2D eigenvalue weighted by molar-refractivity contribution is 5.84. The first-order chi connectivity index (χ1) is 27.7. The minimum absolute atomic E-state index is 0.0171. The third kappa shape index (κ3) is 36.1. The van der Waals surface area contributed by atoms with E-state index in [4.69, 9.17) is 33.5 Å². The maximum atomic E-state index is 11.3. The minimum Gasteiger partial charge on any atom is -0.394 e. The van der Waals surface area contributed by atoms with Gasteiger partial charge in [0.1, 0.15) is 30.6 Å². The van der Waals surface area contributed by atoms with E-state index in [0.717, 1.165) is 18.5 Å². The van der Waals surface area contributed by atoms with Gasteiger partial charge in [-0.15, -0.1) is 0 Å². The Bertz CT molecular complexity index is 1010. The monoisotopic (exact) mass is 846 g/mol. The highest BCUT2D eigenvalue weighted by atomic mass is 16.7. The van der Waals surface area contributed by atoms with Crippen molar-refractivity contribution >= 4 is 23.6 Å². The second-order valence-corrected chi connectivity index (χ2v) is 11.6. The first-order valence-electron chi connectivity index (χ1n) is 20.0. The Labute approximate surface area is 346 Å². The number of carbonyl (C=O) groups is 4. The molecule has 7 unspecified atom stereocenters. The van der Waals surface area contributed by atoms with Crippen LogP contribution >= 0.6 is 0 Å². The molecule has 0 aromatic carbocycles. The van der Waals surface area contributed by atoms with E-state index in [2.05, 4.69) is 33.2 Å². The topological polar surface area (TPSA) is 285 Å². The molecule has 1 fully saturated rings. The standard InChI is InChI=1S/C16H30N2O7.C13H25N3O6.C5H12O2.2C2H6/c1-4-10(2)17-5-6-23-7-8-24-16-13(18-11(3)20)15(22)14(21)12(9-19)25-16;1-3-11(18)15-8-12(19)14-4-5-21-6-7-22-9-13(20)16-10(2)17;1-3-5(4-6)7-2;2*1-2/h12-17,19,21-22H,2,4-9H2,1,3H3,(H,18,20);13,20H,3-9H2,1-2H3,(H,14,19)(H,15,18)(H,16,17);5-6H,3-4H2,1-2H3;2*1-2H3. The molecule has 0 bridgehead atoms. The number of hydrogen-bond donors (Lipinski definition) is 10. The predicted molar refractivity (Wildman–Crippen MR) is 218 cm³/mol. The molecule has 0 spiro atoms. The molecule has 0 radical (unpaired) electrons. The highest BCUT2D eigenvalue weighted by Gasteiger charge is 2.45. The van der Waals surface area contributed by atoms with Gasteiger partial charge in [0.05, 0.1) is 72.1 Å². The second kappa shape index (κ2) is 43.6. The zero-order valence-corrected chi connectivity index (χ0v) is 36.7. The van der Waals surface area contributed by atoms with Crippen molar-refractivity contribution in [3.63, 3.8) is 0 Å². The van der Waals surface area contributed by atoms with Gasteiger partial charge >= 0.3 is 0 Å². The van der Waals surface area contributed by atoms with Crippen LogP contribution < -0.4 is 26.6 Å². The van der Waals surface area contributed by atoms with Crippen molar-refractivity contribution in [1.82, 2.24) is 26.6 Å². The molecule has 10 N–H and O–H groups in total. The number of ether oxygens (including phenoxy) is 6. The summed E-state index contributed by atoms with van der Waals surface area (Å²) in [7, 11) is 1.60. The Hall–Kier alpha value is -3.02. The molecule has 1 heterocycles. The Morgan fingerprint density at radius 2 is 1.33 bits per heavy atom. The van der Waals surface area contributed by atoms with E-state index in [1.807, 2.05) is 41.5 Å². The van der Waals surface area contributed by atoms with Crippen LogP contribution in [0.4, 0.5) is 0 Å². The molecule has 0 aromatic heterocycles. The molecule has 1 rings (SSSR count). The van der Waals surface area contributed by atoms with Crippen molar-refractivity contribution in [2.75, 3.05) is 86.2 Å². The number of aliphatic hydroxyl groups is 5. The van der Waals surface area contributed by atoms with Crippen LogP contribution in [0.2, 0.25) is 0 Å². The number of allylic oxidation sites excluding steroid dienone is 1. The summed E-state index contributed by atoms with van der Waals surface area (Å²) in [6.07, 6.45) is -3.54.